The fourth-order valence-corrected chi connectivity index (χ4v) is 2.45. The molecule has 0 aromatic heterocycles. The highest BCUT2D eigenvalue weighted by Crippen LogP contribution is 2.16. The third kappa shape index (κ3) is 3.28. The molecule has 1 rings (SSSR count). The summed E-state index contributed by atoms with van der Waals surface area (Å²) in [4.78, 5) is 11.5. The minimum Gasteiger partial charge on any atom is -0.465 e. The van der Waals surface area contributed by atoms with E-state index < -0.39 is 16.0 Å². The van der Waals surface area contributed by atoms with Crippen LogP contribution in [0.1, 0.15) is 15.9 Å². The van der Waals surface area contributed by atoms with E-state index in [9.17, 15) is 13.2 Å². The zero-order valence-electron chi connectivity index (χ0n) is 10.3. The molecule has 0 fully saturated rings. The first-order chi connectivity index (χ1) is 8.42. The van der Waals surface area contributed by atoms with Crippen LogP contribution < -0.4 is 10.5 Å². The van der Waals surface area contributed by atoms with Gasteiger partial charge in [0.15, 0.2) is 0 Å². The molecule has 0 radical (unpaired) electrons. The number of methoxy groups -OCH3 is 1. The number of rotatable bonds is 5. The lowest BCUT2D eigenvalue weighted by Gasteiger charge is -2.09. The number of hydrogen-bond donors (Lipinski definition) is 2. The summed E-state index contributed by atoms with van der Waals surface area (Å²) in [5, 5.41) is 0. The van der Waals surface area contributed by atoms with E-state index >= 15 is 0 Å². The molecule has 0 saturated heterocycles. The van der Waals surface area contributed by atoms with Crippen molar-refractivity contribution in [2.24, 2.45) is 5.73 Å². The number of carbonyl (C=O) groups excluding carboxylic acids is 1. The van der Waals surface area contributed by atoms with Gasteiger partial charge in [-0.15, -0.1) is 0 Å². The van der Waals surface area contributed by atoms with Gasteiger partial charge < -0.3 is 10.5 Å². The Hall–Kier alpha value is -1.44. The van der Waals surface area contributed by atoms with Crippen molar-refractivity contribution >= 4 is 16.0 Å². The molecule has 100 valence electrons. The Kier molecular flexibility index (Phi) is 4.83. The Morgan fingerprint density at radius 2 is 2.11 bits per heavy atom. The largest absolute Gasteiger partial charge is 0.465 e. The van der Waals surface area contributed by atoms with E-state index in [2.05, 4.69) is 9.46 Å². The van der Waals surface area contributed by atoms with E-state index in [0.29, 0.717) is 5.56 Å². The SMILES string of the molecule is COC(=O)c1cc(S(=O)(=O)NCCN)ccc1C. The lowest BCUT2D eigenvalue weighted by atomic mass is 10.1. The number of sulfonamides is 1. The van der Waals surface area contributed by atoms with Crippen LogP contribution in [0.5, 0.6) is 0 Å². The third-order valence-electron chi connectivity index (χ3n) is 2.36. The van der Waals surface area contributed by atoms with Gasteiger partial charge in [0.1, 0.15) is 0 Å². The summed E-state index contributed by atoms with van der Waals surface area (Å²) in [6.07, 6.45) is 0. The summed E-state index contributed by atoms with van der Waals surface area (Å²) < 4.78 is 30.6. The maximum absolute atomic E-state index is 11.8. The van der Waals surface area contributed by atoms with E-state index in [0.717, 1.165) is 0 Å². The first-order valence-corrected chi connectivity index (χ1v) is 6.79. The predicted octanol–water partition coefficient (Wildman–Crippen LogP) is 0.0186. The highest BCUT2D eigenvalue weighted by Gasteiger charge is 2.17. The number of esters is 1. The monoisotopic (exact) mass is 272 g/mol. The summed E-state index contributed by atoms with van der Waals surface area (Å²) in [6.45, 7) is 2.05. The van der Waals surface area contributed by atoms with Crippen molar-refractivity contribution in [1.29, 1.82) is 0 Å². The van der Waals surface area contributed by atoms with Gasteiger partial charge >= 0.3 is 5.97 Å². The molecule has 0 aliphatic rings. The summed E-state index contributed by atoms with van der Waals surface area (Å²) in [5.74, 6) is -0.566. The average molecular weight is 272 g/mol. The Morgan fingerprint density at radius 1 is 1.44 bits per heavy atom. The molecule has 0 aliphatic carbocycles. The number of hydrogen-bond acceptors (Lipinski definition) is 5. The van der Waals surface area contributed by atoms with Crippen LogP contribution in [0.15, 0.2) is 23.1 Å². The molecular formula is C11H16N2O4S. The number of nitrogens with two attached hydrogens (primary N) is 1. The van der Waals surface area contributed by atoms with Crippen LogP contribution in [0.25, 0.3) is 0 Å². The fourth-order valence-electron chi connectivity index (χ4n) is 1.37. The van der Waals surface area contributed by atoms with Crippen molar-refractivity contribution in [1.82, 2.24) is 4.72 Å². The molecule has 1 aromatic rings. The Balaban J connectivity index is 3.16. The van der Waals surface area contributed by atoms with Crippen LogP contribution in [0.3, 0.4) is 0 Å². The van der Waals surface area contributed by atoms with Crippen LogP contribution >= 0.6 is 0 Å². The molecule has 3 N–H and O–H groups in total. The van der Waals surface area contributed by atoms with Crippen molar-refractivity contribution in [2.75, 3.05) is 20.2 Å². The molecule has 0 heterocycles. The highest BCUT2D eigenvalue weighted by atomic mass is 32.2. The number of ether oxygens (including phenoxy) is 1. The fraction of sp³-hybridized carbons (Fsp3) is 0.364. The van der Waals surface area contributed by atoms with Crippen molar-refractivity contribution in [3.05, 3.63) is 29.3 Å². The van der Waals surface area contributed by atoms with Crippen molar-refractivity contribution in [3.8, 4) is 0 Å². The molecule has 0 unspecified atom stereocenters. The average Bonchev–Trinajstić information content (AvgIpc) is 2.35. The minimum absolute atomic E-state index is 0.0157. The molecular weight excluding hydrogens is 256 g/mol. The maximum atomic E-state index is 11.8. The topological polar surface area (TPSA) is 98.5 Å². The first-order valence-electron chi connectivity index (χ1n) is 5.31. The van der Waals surface area contributed by atoms with Gasteiger partial charge in [0, 0.05) is 13.1 Å². The molecule has 0 atom stereocenters. The molecule has 0 saturated carbocycles. The third-order valence-corrected chi connectivity index (χ3v) is 3.82. The number of aryl methyl sites for hydroxylation is 1. The van der Waals surface area contributed by atoms with Gasteiger partial charge in [-0.3, -0.25) is 0 Å². The molecule has 0 spiro atoms. The van der Waals surface area contributed by atoms with E-state index in [-0.39, 0.29) is 23.5 Å². The second kappa shape index (κ2) is 5.94. The smallest absolute Gasteiger partial charge is 0.338 e. The highest BCUT2D eigenvalue weighted by molar-refractivity contribution is 7.89. The molecule has 7 heteroatoms. The van der Waals surface area contributed by atoms with Crippen LogP contribution in [-0.2, 0) is 14.8 Å². The van der Waals surface area contributed by atoms with Crippen molar-refractivity contribution in [3.63, 3.8) is 0 Å². The van der Waals surface area contributed by atoms with Crippen LogP contribution in [-0.4, -0.2) is 34.6 Å². The number of nitrogens with one attached hydrogen (secondary N) is 1. The number of benzene rings is 1. The summed E-state index contributed by atoms with van der Waals surface area (Å²) in [7, 11) is -2.40. The number of carbonyl (C=O) groups is 1. The molecule has 0 amide bonds. The standard InChI is InChI=1S/C11H16N2O4S/c1-8-3-4-9(7-10(8)11(14)17-2)18(15,16)13-6-5-12/h3-4,7,13H,5-6,12H2,1-2H3. The van der Waals surface area contributed by atoms with Gasteiger partial charge in [-0.05, 0) is 24.6 Å². The van der Waals surface area contributed by atoms with Gasteiger partial charge in [0.2, 0.25) is 10.0 Å². The Morgan fingerprint density at radius 3 is 2.67 bits per heavy atom. The van der Waals surface area contributed by atoms with E-state index in [1.807, 2.05) is 0 Å². The molecule has 6 nitrogen and oxygen atoms in total. The zero-order chi connectivity index (χ0) is 13.8. The van der Waals surface area contributed by atoms with Crippen LogP contribution in [0.2, 0.25) is 0 Å². The van der Waals surface area contributed by atoms with Gasteiger partial charge in [0.25, 0.3) is 0 Å². The van der Waals surface area contributed by atoms with Crippen molar-refractivity contribution < 1.29 is 17.9 Å². The minimum atomic E-state index is -3.64. The maximum Gasteiger partial charge on any atom is 0.338 e. The van der Waals surface area contributed by atoms with Crippen LogP contribution in [0.4, 0.5) is 0 Å². The second-order valence-corrected chi connectivity index (χ2v) is 5.42. The predicted molar refractivity (Wildman–Crippen MR) is 66.8 cm³/mol. The van der Waals surface area contributed by atoms with Gasteiger partial charge in [-0.25, -0.2) is 17.9 Å². The van der Waals surface area contributed by atoms with Crippen molar-refractivity contribution in [2.45, 2.75) is 11.8 Å². The second-order valence-electron chi connectivity index (χ2n) is 3.65. The van der Waals surface area contributed by atoms with E-state index in [1.165, 1.54) is 19.2 Å². The molecule has 18 heavy (non-hydrogen) atoms. The first kappa shape index (κ1) is 14.6. The summed E-state index contributed by atoms with van der Waals surface area (Å²) in [5.41, 5.74) is 6.12. The lowest BCUT2D eigenvalue weighted by molar-refractivity contribution is 0.0599. The van der Waals surface area contributed by atoms with Gasteiger partial charge in [-0.2, -0.15) is 0 Å². The summed E-state index contributed by atoms with van der Waals surface area (Å²) >= 11 is 0. The lowest BCUT2D eigenvalue weighted by Crippen LogP contribution is -2.29. The van der Waals surface area contributed by atoms with E-state index in [4.69, 9.17) is 5.73 Å². The molecule has 1 aromatic carbocycles. The molecule has 0 bridgehead atoms. The normalized spacial score (nSPS) is 11.3. The summed E-state index contributed by atoms with van der Waals surface area (Å²) in [6, 6.07) is 4.28. The Bertz CT molecular complexity index is 540. The van der Waals surface area contributed by atoms with E-state index in [1.54, 1.807) is 13.0 Å². The van der Waals surface area contributed by atoms with Crippen LogP contribution in [0, 0.1) is 6.92 Å². The quantitative estimate of drug-likeness (QED) is 0.736. The Labute approximate surface area is 106 Å². The van der Waals surface area contributed by atoms with Gasteiger partial charge in [0.05, 0.1) is 17.6 Å². The molecule has 0 aliphatic heterocycles. The zero-order valence-corrected chi connectivity index (χ0v) is 11.1. The van der Waals surface area contributed by atoms with Gasteiger partial charge in [-0.1, -0.05) is 6.07 Å².